The second-order valence-electron chi connectivity index (χ2n) is 8.38. The Labute approximate surface area is 178 Å². The fourth-order valence-electron chi connectivity index (χ4n) is 4.36. The van der Waals surface area contributed by atoms with Crippen LogP contribution in [0.15, 0.2) is 36.5 Å². The van der Waals surface area contributed by atoms with Crippen LogP contribution in [0.5, 0.6) is 11.6 Å². The summed E-state index contributed by atoms with van der Waals surface area (Å²) in [6.07, 6.45) is 4.09. The minimum atomic E-state index is 0.200. The van der Waals surface area contributed by atoms with E-state index < -0.39 is 0 Å². The van der Waals surface area contributed by atoms with E-state index in [-0.39, 0.29) is 6.10 Å². The summed E-state index contributed by atoms with van der Waals surface area (Å²) in [5.41, 5.74) is 2.28. The summed E-state index contributed by atoms with van der Waals surface area (Å²) in [4.78, 5) is 8.93. The van der Waals surface area contributed by atoms with Crippen molar-refractivity contribution in [3.63, 3.8) is 0 Å². The molecule has 4 rings (SSSR count). The van der Waals surface area contributed by atoms with E-state index in [0.717, 1.165) is 50.0 Å². The van der Waals surface area contributed by atoms with Crippen molar-refractivity contribution in [2.24, 2.45) is 11.8 Å². The van der Waals surface area contributed by atoms with Gasteiger partial charge in [0.25, 0.3) is 0 Å². The second-order valence-corrected chi connectivity index (χ2v) is 8.79. The molecule has 6 heteroatoms. The minimum Gasteiger partial charge on any atom is -0.490 e. The quantitative estimate of drug-likeness (QED) is 0.695. The second kappa shape index (κ2) is 8.70. The van der Waals surface area contributed by atoms with Crippen LogP contribution < -0.4 is 19.3 Å². The number of benzene rings is 1. The Hall–Kier alpha value is -2.14. The summed E-state index contributed by atoms with van der Waals surface area (Å²) in [6, 6.07) is 10.5. The van der Waals surface area contributed by atoms with Crippen molar-refractivity contribution in [1.82, 2.24) is 4.98 Å². The molecule has 0 amide bonds. The van der Waals surface area contributed by atoms with Crippen LogP contribution >= 0.6 is 11.6 Å². The molecule has 0 spiro atoms. The molecule has 2 aromatic rings. The Morgan fingerprint density at radius 2 is 1.79 bits per heavy atom. The monoisotopic (exact) mass is 415 g/mol. The summed E-state index contributed by atoms with van der Waals surface area (Å²) in [7, 11) is 1.62. The lowest BCUT2D eigenvalue weighted by Crippen LogP contribution is -2.44. The van der Waals surface area contributed by atoms with Crippen LogP contribution in [0.2, 0.25) is 5.02 Å². The van der Waals surface area contributed by atoms with Crippen LogP contribution in [0.25, 0.3) is 0 Å². The van der Waals surface area contributed by atoms with Crippen LogP contribution in [0.3, 0.4) is 0 Å². The van der Waals surface area contributed by atoms with E-state index in [1.807, 2.05) is 6.07 Å². The van der Waals surface area contributed by atoms with E-state index in [4.69, 9.17) is 21.1 Å². The summed E-state index contributed by atoms with van der Waals surface area (Å²) in [6.45, 7) is 8.65. The lowest BCUT2D eigenvalue weighted by atomic mass is 9.96. The van der Waals surface area contributed by atoms with Gasteiger partial charge in [0.2, 0.25) is 5.88 Å². The average molecular weight is 416 g/mol. The lowest BCUT2D eigenvalue weighted by Gasteiger charge is -2.38. The number of piperidine rings is 1. The first-order valence-electron chi connectivity index (χ1n) is 10.5. The van der Waals surface area contributed by atoms with Crippen LogP contribution in [0, 0.1) is 11.8 Å². The summed E-state index contributed by atoms with van der Waals surface area (Å²) < 4.78 is 11.6. The largest absolute Gasteiger partial charge is 0.490 e. The molecule has 2 fully saturated rings. The molecule has 5 nitrogen and oxygen atoms in total. The minimum absolute atomic E-state index is 0.200. The van der Waals surface area contributed by atoms with Gasteiger partial charge in [-0.2, -0.15) is 0 Å². The van der Waals surface area contributed by atoms with Gasteiger partial charge in [0.1, 0.15) is 11.9 Å². The summed E-state index contributed by atoms with van der Waals surface area (Å²) >= 11 is 6.38. The molecule has 2 aliphatic heterocycles. The Bertz CT molecular complexity index is 829. The normalized spacial score (nSPS) is 24.6. The zero-order valence-electron chi connectivity index (χ0n) is 17.5. The topological polar surface area (TPSA) is 37.8 Å². The van der Waals surface area contributed by atoms with Crippen molar-refractivity contribution < 1.29 is 9.47 Å². The van der Waals surface area contributed by atoms with Crippen LogP contribution in [0.4, 0.5) is 11.4 Å². The molecule has 3 heterocycles. The van der Waals surface area contributed by atoms with Crippen molar-refractivity contribution in [1.29, 1.82) is 0 Å². The molecule has 0 bridgehead atoms. The number of nitrogens with zero attached hydrogens (tertiary/aromatic N) is 3. The zero-order valence-corrected chi connectivity index (χ0v) is 18.2. The Morgan fingerprint density at radius 1 is 1.03 bits per heavy atom. The highest BCUT2D eigenvalue weighted by atomic mass is 35.5. The highest BCUT2D eigenvalue weighted by Crippen LogP contribution is 2.33. The molecule has 29 heavy (non-hydrogen) atoms. The maximum atomic E-state index is 6.38. The number of hydrogen-bond donors (Lipinski definition) is 0. The fraction of sp³-hybridized carbons (Fsp3) is 0.522. The van der Waals surface area contributed by atoms with Crippen molar-refractivity contribution in [3.05, 3.63) is 41.6 Å². The highest BCUT2D eigenvalue weighted by Gasteiger charge is 2.29. The number of ether oxygens (including phenoxy) is 2. The van der Waals surface area contributed by atoms with Gasteiger partial charge in [0.15, 0.2) is 0 Å². The average Bonchev–Trinajstić information content (AvgIpc) is 3.17. The third kappa shape index (κ3) is 4.55. The maximum Gasteiger partial charge on any atom is 0.215 e. The molecule has 0 radical (unpaired) electrons. The molecule has 0 N–H and O–H groups in total. The standard InChI is InChI=1S/C23H30ClN3O2/c1-16-8-10-26(14-16)18-4-6-19(7-5-18)29-22-9-11-27(15-17(22)2)21-12-23(28-3)25-13-20(21)24/h4-7,12-13,16-17,22H,8-11,14-15H2,1-3H3/t16-,17?,22?/m1/s1. The van der Waals surface area contributed by atoms with Gasteiger partial charge in [-0.25, -0.2) is 4.98 Å². The van der Waals surface area contributed by atoms with E-state index >= 15 is 0 Å². The third-order valence-electron chi connectivity index (χ3n) is 6.10. The number of pyridine rings is 1. The van der Waals surface area contributed by atoms with Crippen LogP contribution in [-0.2, 0) is 0 Å². The van der Waals surface area contributed by atoms with E-state index in [2.05, 4.69) is 52.9 Å². The van der Waals surface area contributed by atoms with Gasteiger partial charge in [-0.15, -0.1) is 0 Å². The number of anilines is 2. The van der Waals surface area contributed by atoms with Crippen molar-refractivity contribution in [3.8, 4) is 11.6 Å². The number of rotatable bonds is 5. The van der Waals surface area contributed by atoms with Crippen molar-refractivity contribution >= 4 is 23.0 Å². The molecule has 0 saturated carbocycles. The molecule has 1 aromatic heterocycles. The Balaban J connectivity index is 1.37. The van der Waals surface area contributed by atoms with Crippen LogP contribution in [-0.4, -0.2) is 44.4 Å². The SMILES string of the molecule is COc1cc(N2CCC(Oc3ccc(N4CC[C@@H](C)C4)cc3)C(C)C2)c(Cl)cn1. The fourth-order valence-corrected chi connectivity index (χ4v) is 4.58. The smallest absolute Gasteiger partial charge is 0.215 e. The van der Waals surface area contributed by atoms with Gasteiger partial charge in [-0.1, -0.05) is 25.4 Å². The van der Waals surface area contributed by atoms with Crippen molar-refractivity contribution in [2.75, 3.05) is 43.1 Å². The van der Waals surface area contributed by atoms with Gasteiger partial charge >= 0.3 is 0 Å². The Kier molecular flexibility index (Phi) is 6.04. The first-order chi connectivity index (χ1) is 14.0. The van der Waals surface area contributed by atoms with Gasteiger partial charge in [-0.3, -0.25) is 0 Å². The molecule has 1 aromatic carbocycles. The molecule has 3 atom stereocenters. The van der Waals surface area contributed by atoms with Gasteiger partial charge in [0.05, 0.1) is 24.0 Å². The molecule has 0 aliphatic carbocycles. The highest BCUT2D eigenvalue weighted by molar-refractivity contribution is 6.33. The number of aromatic nitrogens is 1. The Morgan fingerprint density at radius 3 is 2.45 bits per heavy atom. The summed E-state index contributed by atoms with van der Waals surface area (Å²) in [5, 5.41) is 0.657. The van der Waals surface area contributed by atoms with E-state index in [0.29, 0.717) is 16.8 Å². The third-order valence-corrected chi connectivity index (χ3v) is 6.39. The number of halogens is 1. The number of methoxy groups -OCH3 is 1. The first-order valence-corrected chi connectivity index (χ1v) is 10.9. The molecular formula is C23H30ClN3O2. The molecule has 2 saturated heterocycles. The summed E-state index contributed by atoms with van der Waals surface area (Å²) in [5.74, 6) is 2.71. The van der Waals surface area contributed by atoms with E-state index in [1.54, 1.807) is 13.3 Å². The molecule has 2 unspecified atom stereocenters. The van der Waals surface area contributed by atoms with Crippen LogP contribution in [0.1, 0.15) is 26.7 Å². The van der Waals surface area contributed by atoms with Gasteiger partial charge in [0, 0.05) is 50.3 Å². The molecule has 156 valence electrons. The number of hydrogen-bond acceptors (Lipinski definition) is 5. The molecule has 2 aliphatic rings. The van der Waals surface area contributed by atoms with Gasteiger partial charge < -0.3 is 19.3 Å². The first kappa shape index (κ1) is 20.1. The predicted octanol–water partition coefficient (Wildman–Crippen LogP) is 4.88. The molecular weight excluding hydrogens is 386 g/mol. The van der Waals surface area contributed by atoms with E-state index in [1.165, 1.54) is 12.1 Å². The van der Waals surface area contributed by atoms with Crippen molar-refractivity contribution in [2.45, 2.75) is 32.8 Å². The van der Waals surface area contributed by atoms with E-state index in [9.17, 15) is 0 Å². The predicted molar refractivity (Wildman–Crippen MR) is 119 cm³/mol. The van der Waals surface area contributed by atoms with Gasteiger partial charge in [-0.05, 0) is 36.6 Å². The zero-order chi connectivity index (χ0) is 20.4. The lowest BCUT2D eigenvalue weighted by molar-refractivity contribution is 0.121. The maximum absolute atomic E-state index is 6.38.